The monoisotopic (exact) mass is 504 g/mol. The van der Waals surface area contributed by atoms with Crippen molar-refractivity contribution in [3.05, 3.63) is 64.8 Å². The van der Waals surface area contributed by atoms with Crippen molar-refractivity contribution in [2.45, 2.75) is 57.5 Å². The molecule has 6 rings (SSSR count). The number of hydrogen-bond acceptors (Lipinski definition) is 4. The molecule has 0 radical (unpaired) electrons. The van der Waals surface area contributed by atoms with Gasteiger partial charge < -0.3 is 14.6 Å². The van der Waals surface area contributed by atoms with Gasteiger partial charge in [-0.15, -0.1) is 0 Å². The van der Waals surface area contributed by atoms with Crippen LogP contribution < -0.4 is 10.1 Å². The van der Waals surface area contributed by atoms with Crippen LogP contribution in [-0.4, -0.2) is 45.1 Å². The number of carbonyl (C=O) groups excluding carboxylic acids is 2. The fourth-order valence-corrected chi connectivity index (χ4v) is 7.78. The number of amides is 1. The Morgan fingerprint density at radius 2 is 1.92 bits per heavy atom. The van der Waals surface area contributed by atoms with E-state index in [4.69, 9.17) is 4.74 Å². The highest BCUT2D eigenvalue weighted by molar-refractivity contribution is 7.85. The van der Waals surface area contributed by atoms with Gasteiger partial charge in [0.1, 0.15) is 5.75 Å². The SMILES string of the molecule is COc1ccc(Cn2c3c(c4cc(C(=O)NC5CCS(=O)C5)ccc42)C(C)(C)CC2(CC2)C3=O)cc1. The maximum Gasteiger partial charge on any atom is 0.251 e. The number of benzene rings is 2. The Labute approximate surface area is 213 Å². The fourth-order valence-electron chi connectivity index (χ4n) is 6.36. The van der Waals surface area contributed by atoms with Crippen LogP contribution in [0, 0.1) is 5.41 Å². The van der Waals surface area contributed by atoms with Crippen LogP contribution in [0.3, 0.4) is 0 Å². The van der Waals surface area contributed by atoms with Gasteiger partial charge in [-0.05, 0) is 72.6 Å². The van der Waals surface area contributed by atoms with Gasteiger partial charge >= 0.3 is 0 Å². The highest BCUT2D eigenvalue weighted by Gasteiger charge is 2.58. The van der Waals surface area contributed by atoms with Gasteiger partial charge in [0.15, 0.2) is 5.78 Å². The van der Waals surface area contributed by atoms with E-state index in [9.17, 15) is 13.8 Å². The van der Waals surface area contributed by atoms with E-state index in [0.717, 1.165) is 59.2 Å². The number of methoxy groups -OCH3 is 1. The highest BCUT2D eigenvalue weighted by Crippen LogP contribution is 2.61. The van der Waals surface area contributed by atoms with Crippen LogP contribution in [0.2, 0.25) is 0 Å². The molecule has 0 bridgehead atoms. The van der Waals surface area contributed by atoms with E-state index < -0.39 is 10.8 Å². The molecule has 1 saturated carbocycles. The molecule has 7 heteroatoms. The van der Waals surface area contributed by atoms with E-state index in [2.05, 4.69) is 23.7 Å². The Bertz CT molecular complexity index is 1420. The summed E-state index contributed by atoms with van der Waals surface area (Å²) in [5.74, 6) is 2.07. The van der Waals surface area contributed by atoms with Crippen LogP contribution in [-0.2, 0) is 22.8 Å². The first-order valence-corrected chi connectivity index (χ1v) is 14.2. The molecule has 1 spiro atoms. The van der Waals surface area contributed by atoms with E-state index >= 15 is 0 Å². The summed E-state index contributed by atoms with van der Waals surface area (Å²) >= 11 is 0. The zero-order chi connectivity index (χ0) is 25.2. The molecular formula is C29H32N2O4S. The molecule has 2 aromatic carbocycles. The molecule has 6 nitrogen and oxygen atoms in total. The van der Waals surface area contributed by atoms with Crippen molar-refractivity contribution in [3.63, 3.8) is 0 Å². The van der Waals surface area contributed by atoms with E-state index in [1.54, 1.807) is 7.11 Å². The minimum Gasteiger partial charge on any atom is -0.497 e. The first-order valence-electron chi connectivity index (χ1n) is 12.7. The summed E-state index contributed by atoms with van der Waals surface area (Å²) < 4.78 is 19.3. The summed E-state index contributed by atoms with van der Waals surface area (Å²) in [5.41, 5.74) is 4.10. The van der Waals surface area contributed by atoms with Crippen molar-refractivity contribution in [1.82, 2.24) is 9.88 Å². The number of ether oxygens (including phenoxy) is 1. The summed E-state index contributed by atoms with van der Waals surface area (Å²) in [7, 11) is 0.806. The van der Waals surface area contributed by atoms with Gasteiger partial charge in [-0.25, -0.2) is 0 Å². The number of nitrogens with one attached hydrogen (secondary N) is 1. The lowest BCUT2D eigenvalue weighted by Gasteiger charge is -2.36. The van der Waals surface area contributed by atoms with Gasteiger partial charge in [-0.1, -0.05) is 26.0 Å². The Hall–Kier alpha value is -2.93. The van der Waals surface area contributed by atoms with Crippen molar-refractivity contribution in [3.8, 4) is 5.75 Å². The van der Waals surface area contributed by atoms with Crippen LogP contribution in [0.25, 0.3) is 10.9 Å². The van der Waals surface area contributed by atoms with Crippen LogP contribution in [0.4, 0.5) is 0 Å². The number of fused-ring (bicyclic) bond motifs is 3. The molecule has 2 aliphatic carbocycles. The van der Waals surface area contributed by atoms with Gasteiger partial charge in [0, 0.05) is 56.8 Å². The minimum absolute atomic E-state index is 0.0460. The zero-order valence-corrected chi connectivity index (χ0v) is 21.9. The van der Waals surface area contributed by atoms with Gasteiger partial charge in [0.25, 0.3) is 5.91 Å². The molecule has 1 aromatic heterocycles. The largest absolute Gasteiger partial charge is 0.497 e. The molecule has 3 aliphatic rings. The van der Waals surface area contributed by atoms with Crippen LogP contribution >= 0.6 is 0 Å². The third-order valence-electron chi connectivity index (χ3n) is 8.25. The molecule has 1 amide bonds. The van der Waals surface area contributed by atoms with Gasteiger partial charge in [-0.3, -0.25) is 13.8 Å². The first-order chi connectivity index (χ1) is 17.2. The summed E-state index contributed by atoms with van der Waals surface area (Å²) in [5, 5.41) is 4.04. The molecule has 2 unspecified atom stereocenters. The second-order valence-corrected chi connectivity index (χ2v) is 13.0. The van der Waals surface area contributed by atoms with Crippen molar-refractivity contribution in [1.29, 1.82) is 0 Å². The molecule has 1 aliphatic heterocycles. The predicted molar refractivity (Wildman–Crippen MR) is 141 cm³/mol. The van der Waals surface area contributed by atoms with E-state index in [1.807, 2.05) is 42.5 Å². The number of ketones is 1. The predicted octanol–water partition coefficient (Wildman–Crippen LogP) is 4.59. The molecular weight excluding hydrogens is 472 g/mol. The maximum absolute atomic E-state index is 13.9. The number of rotatable bonds is 5. The number of carbonyl (C=O) groups is 2. The quantitative estimate of drug-likeness (QED) is 0.551. The summed E-state index contributed by atoms with van der Waals surface area (Å²) in [4.78, 5) is 27.0. The van der Waals surface area contributed by atoms with Crippen LogP contribution in [0.1, 0.15) is 71.5 Å². The third-order valence-corrected chi connectivity index (χ3v) is 9.71. The lowest BCUT2D eigenvalue weighted by molar-refractivity contribution is 0.0838. The summed E-state index contributed by atoms with van der Waals surface area (Å²) in [6.07, 6.45) is 3.50. The van der Waals surface area contributed by atoms with Crippen molar-refractivity contribution in [2.75, 3.05) is 18.6 Å². The molecule has 2 fully saturated rings. The summed E-state index contributed by atoms with van der Waals surface area (Å²) in [6.45, 7) is 5.04. The van der Waals surface area contributed by atoms with Gasteiger partial charge in [0.05, 0.1) is 12.8 Å². The van der Waals surface area contributed by atoms with Crippen LogP contribution in [0.15, 0.2) is 42.5 Å². The Balaban J connectivity index is 1.46. The van der Waals surface area contributed by atoms with Crippen molar-refractivity contribution in [2.24, 2.45) is 5.41 Å². The number of nitrogens with zero attached hydrogens (tertiary/aromatic N) is 1. The second kappa shape index (κ2) is 8.30. The molecule has 3 aromatic rings. The Kier molecular flexibility index (Phi) is 5.41. The molecule has 2 atom stereocenters. The van der Waals surface area contributed by atoms with Gasteiger partial charge in [-0.2, -0.15) is 0 Å². The lowest BCUT2D eigenvalue weighted by atomic mass is 9.67. The standard InChI is InChI=1S/C29H32N2O4S/c1-28(2)17-29(11-12-29)26(32)25-24(28)22-14-19(27(33)30-20-10-13-36(34)16-20)6-9-23(22)31(25)15-18-4-7-21(35-3)8-5-18/h4-9,14,20H,10-13,15-17H2,1-3H3,(H,30,33). The average molecular weight is 505 g/mol. The fraction of sp³-hybridized carbons (Fsp3) is 0.448. The number of aromatic nitrogens is 1. The minimum atomic E-state index is -0.848. The lowest BCUT2D eigenvalue weighted by Crippen LogP contribution is -2.36. The molecule has 1 N–H and O–H groups in total. The second-order valence-electron chi connectivity index (χ2n) is 11.3. The van der Waals surface area contributed by atoms with Crippen LogP contribution in [0.5, 0.6) is 5.75 Å². The maximum atomic E-state index is 13.9. The normalized spacial score (nSPS) is 23.6. The number of hydrogen-bond donors (Lipinski definition) is 1. The molecule has 1 saturated heterocycles. The Morgan fingerprint density at radius 1 is 1.17 bits per heavy atom. The van der Waals surface area contributed by atoms with Gasteiger partial charge in [0.2, 0.25) is 0 Å². The molecule has 2 heterocycles. The van der Waals surface area contributed by atoms with Crippen molar-refractivity contribution < 1.29 is 18.5 Å². The zero-order valence-electron chi connectivity index (χ0n) is 21.1. The highest BCUT2D eigenvalue weighted by atomic mass is 32.2. The third kappa shape index (κ3) is 3.79. The average Bonchev–Trinajstić information content (AvgIpc) is 3.37. The van der Waals surface area contributed by atoms with E-state index in [1.165, 1.54) is 0 Å². The number of Topliss-reactive ketones (excluding diaryl/α,β-unsaturated/α-hetero) is 1. The smallest absolute Gasteiger partial charge is 0.251 e. The summed E-state index contributed by atoms with van der Waals surface area (Å²) in [6, 6.07) is 13.7. The topological polar surface area (TPSA) is 77.4 Å². The molecule has 36 heavy (non-hydrogen) atoms. The van der Waals surface area contributed by atoms with E-state index in [0.29, 0.717) is 23.6 Å². The Morgan fingerprint density at radius 3 is 2.56 bits per heavy atom. The molecule has 188 valence electrons. The first kappa shape index (κ1) is 23.5. The van der Waals surface area contributed by atoms with E-state index in [-0.39, 0.29) is 28.6 Å². The van der Waals surface area contributed by atoms with Crippen molar-refractivity contribution >= 4 is 33.4 Å².